The zero-order chi connectivity index (χ0) is 12.8. The molecule has 0 rings (SSSR count). The Labute approximate surface area is 119 Å². The van der Waals surface area contributed by atoms with Crippen LogP contribution in [-0.4, -0.2) is 17.0 Å². The minimum Gasteiger partial charge on any atom is -0.466 e. The highest BCUT2D eigenvalue weighted by molar-refractivity contribution is 14.1. The molecule has 0 atom stereocenters. The first-order valence-electron chi connectivity index (χ1n) is 6.61. The lowest BCUT2D eigenvalue weighted by molar-refractivity contribution is -0.141. The van der Waals surface area contributed by atoms with Crippen LogP contribution in [-0.2, 0) is 9.53 Å². The number of ether oxygens (including phenoxy) is 1. The van der Waals surface area contributed by atoms with Gasteiger partial charge >= 0.3 is 5.97 Å². The van der Waals surface area contributed by atoms with E-state index in [0.29, 0.717) is 6.61 Å². The topological polar surface area (TPSA) is 26.3 Å². The van der Waals surface area contributed by atoms with Crippen LogP contribution in [0.5, 0.6) is 0 Å². The minimum absolute atomic E-state index is 0.164. The molecule has 2 nitrogen and oxygen atoms in total. The second-order valence-electron chi connectivity index (χ2n) is 4.20. The highest BCUT2D eigenvalue weighted by Crippen LogP contribution is 2.08. The van der Waals surface area contributed by atoms with Gasteiger partial charge in [-0.05, 0) is 25.7 Å². The Morgan fingerprint density at radius 3 is 2.24 bits per heavy atom. The lowest BCUT2D eigenvalue weighted by Gasteiger charge is -2.02. The summed E-state index contributed by atoms with van der Waals surface area (Å²) < 4.78 is 6.09. The molecule has 0 N–H and O–H groups in total. The predicted octanol–water partition coefficient (Wildman–Crippen LogP) is 4.66. The maximum atomic E-state index is 10.5. The summed E-state index contributed by atoms with van der Waals surface area (Å²) >= 11 is 2.40. The molecule has 0 aliphatic carbocycles. The van der Waals surface area contributed by atoms with E-state index in [1.807, 2.05) is 0 Å². The quantitative estimate of drug-likeness (QED) is 0.178. The second kappa shape index (κ2) is 14.0. The molecule has 0 radical (unpaired) electrons. The number of hydrogen-bond donors (Lipinski definition) is 0. The van der Waals surface area contributed by atoms with Crippen molar-refractivity contribution in [2.75, 3.05) is 11.0 Å². The lowest BCUT2D eigenvalue weighted by atomic mass is 10.1. The molecule has 0 aromatic rings. The van der Waals surface area contributed by atoms with Gasteiger partial charge in [0.2, 0.25) is 0 Å². The van der Waals surface area contributed by atoms with Crippen LogP contribution in [0.4, 0.5) is 0 Å². The maximum absolute atomic E-state index is 10.5. The van der Waals surface area contributed by atoms with Crippen LogP contribution < -0.4 is 0 Å². The van der Waals surface area contributed by atoms with E-state index < -0.39 is 0 Å². The first-order valence-corrected chi connectivity index (χ1v) is 8.14. The van der Waals surface area contributed by atoms with Gasteiger partial charge in [-0.15, -0.1) is 0 Å². The molecule has 0 heterocycles. The van der Waals surface area contributed by atoms with Crippen molar-refractivity contribution in [2.24, 2.45) is 0 Å². The molecule has 0 aromatic heterocycles. The number of halogens is 1. The molecule has 0 fully saturated rings. The number of allylic oxidation sites excluding steroid dienone is 2. The van der Waals surface area contributed by atoms with Gasteiger partial charge in [0.1, 0.15) is 0 Å². The van der Waals surface area contributed by atoms with Crippen molar-refractivity contribution in [1.82, 2.24) is 0 Å². The van der Waals surface area contributed by atoms with E-state index in [-0.39, 0.29) is 5.97 Å². The van der Waals surface area contributed by atoms with Gasteiger partial charge < -0.3 is 4.74 Å². The van der Waals surface area contributed by atoms with Gasteiger partial charge in [-0.3, -0.25) is 4.79 Å². The van der Waals surface area contributed by atoms with Gasteiger partial charge in [-0.2, -0.15) is 0 Å². The number of carbonyl (C=O) groups is 1. The average molecular weight is 352 g/mol. The van der Waals surface area contributed by atoms with Crippen molar-refractivity contribution >= 4 is 28.6 Å². The number of alkyl halides is 1. The van der Waals surface area contributed by atoms with Gasteiger partial charge in [0.25, 0.3) is 0 Å². The zero-order valence-electron chi connectivity index (χ0n) is 10.9. The van der Waals surface area contributed by atoms with E-state index in [1.165, 1.54) is 56.3 Å². The Bertz CT molecular complexity index is 202. The molecule has 0 aliphatic heterocycles. The van der Waals surface area contributed by atoms with Crippen LogP contribution in [0, 0.1) is 0 Å². The molecule has 0 spiro atoms. The van der Waals surface area contributed by atoms with Crippen LogP contribution in [0.15, 0.2) is 12.2 Å². The third-order valence-electron chi connectivity index (χ3n) is 2.51. The normalized spacial score (nSPS) is 10.9. The second-order valence-corrected chi connectivity index (χ2v) is 5.28. The molecule has 3 heteroatoms. The third-order valence-corrected chi connectivity index (χ3v) is 3.14. The summed E-state index contributed by atoms with van der Waals surface area (Å²) in [6.45, 7) is 2.06. The van der Waals surface area contributed by atoms with Crippen molar-refractivity contribution in [3.05, 3.63) is 12.2 Å². The first kappa shape index (κ1) is 16.9. The molecule has 17 heavy (non-hydrogen) atoms. The summed E-state index contributed by atoms with van der Waals surface area (Å²) in [5.41, 5.74) is 0. The van der Waals surface area contributed by atoms with Gasteiger partial charge in [-0.25, -0.2) is 0 Å². The SMILES string of the molecule is CC(=O)OCCCCCCCC/C=C/CCI. The van der Waals surface area contributed by atoms with Crippen molar-refractivity contribution in [3.63, 3.8) is 0 Å². The van der Waals surface area contributed by atoms with Crippen LogP contribution in [0.2, 0.25) is 0 Å². The molecule has 0 saturated heterocycles. The Morgan fingerprint density at radius 1 is 1.00 bits per heavy atom. The van der Waals surface area contributed by atoms with E-state index in [1.54, 1.807) is 0 Å². The summed E-state index contributed by atoms with van der Waals surface area (Å²) in [5.74, 6) is -0.164. The largest absolute Gasteiger partial charge is 0.466 e. The van der Waals surface area contributed by atoms with Crippen molar-refractivity contribution in [2.45, 2.75) is 58.3 Å². The summed E-state index contributed by atoms with van der Waals surface area (Å²) in [6, 6.07) is 0. The number of hydrogen-bond acceptors (Lipinski definition) is 2. The Hall–Kier alpha value is -0.0600. The molecule has 0 aliphatic rings. The Morgan fingerprint density at radius 2 is 1.59 bits per heavy atom. The average Bonchev–Trinajstić information content (AvgIpc) is 2.30. The number of carbonyl (C=O) groups excluding carboxylic acids is 1. The highest BCUT2D eigenvalue weighted by atomic mass is 127. The molecule has 0 saturated carbocycles. The van der Waals surface area contributed by atoms with Crippen molar-refractivity contribution < 1.29 is 9.53 Å². The van der Waals surface area contributed by atoms with Crippen molar-refractivity contribution in [1.29, 1.82) is 0 Å². The van der Waals surface area contributed by atoms with Crippen LogP contribution in [0.1, 0.15) is 58.3 Å². The summed E-state index contributed by atoms with van der Waals surface area (Å²) in [4.78, 5) is 10.5. The molecule has 0 bridgehead atoms. The number of esters is 1. The summed E-state index contributed by atoms with van der Waals surface area (Å²) in [5, 5.41) is 0. The Kier molecular flexibility index (Phi) is 14.0. The van der Waals surface area contributed by atoms with E-state index in [9.17, 15) is 4.79 Å². The third kappa shape index (κ3) is 15.9. The summed E-state index contributed by atoms with van der Waals surface area (Å²) in [6.07, 6.45) is 14.4. The molecular formula is C14H25IO2. The standard InChI is InChI=1S/C14H25IO2/c1-14(16)17-13-11-9-7-5-3-2-4-6-8-10-12-15/h6,8H,2-5,7,9-13H2,1H3/b8-6+. The van der Waals surface area contributed by atoms with Gasteiger partial charge in [-0.1, -0.05) is 60.4 Å². The molecule has 0 unspecified atom stereocenters. The first-order chi connectivity index (χ1) is 8.27. The Balaban J connectivity index is 3.01. The van der Waals surface area contributed by atoms with Crippen LogP contribution in [0.3, 0.4) is 0 Å². The van der Waals surface area contributed by atoms with Crippen LogP contribution in [0.25, 0.3) is 0 Å². The number of unbranched alkanes of at least 4 members (excludes halogenated alkanes) is 6. The molecule has 0 aromatic carbocycles. The minimum atomic E-state index is -0.164. The van der Waals surface area contributed by atoms with E-state index >= 15 is 0 Å². The molecule has 0 amide bonds. The van der Waals surface area contributed by atoms with Gasteiger partial charge in [0.05, 0.1) is 6.61 Å². The fourth-order valence-electron chi connectivity index (χ4n) is 1.59. The predicted molar refractivity (Wildman–Crippen MR) is 81.6 cm³/mol. The molecule has 100 valence electrons. The van der Waals surface area contributed by atoms with E-state index in [2.05, 4.69) is 34.7 Å². The zero-order valence-corrected chi connectivity index (χ0v) is 13.1. The fourth-order valence-corrected chi connectivity index (χ4v) is 1.95. The van der Waals surface area contributed by atoms with E-state index in [4.69, 9.17) is 4.74 Å². The maximum Gasteiger partial charge on any atom is 0.302 e. The fraction of sp³-hybridized carbons (Fsp3) is 0.786. The van der Waals surface area contributed by atoms with Crippen LogP contribution >= 0.6 is 22.6 Å². The van der Waals surface area contributed by atoms with Gasteiger partial charge in [0, 0.05) is 11.4 Å². The number of rotatable bonds is 11. The van der Waals surface area contributed by atoms with E-state index in [0.717, 1.165) is 6.42 Å². The summed E-state index contributed by atoms with van der Waals surface area (Å²) in [7, 11) is 0. The smallest absolute Gasteiger partial charge is 0.302 e. The lowest BCUT2D eigenvalue weighted by Crippen LogP contribution is -1.99. The molecular weight excluding hydrogens is 327 g/mol. The van der Waals surface area contributed by atoms with Gasteiger partial charge in [0.15, 0.2) is 0 Å². The van der Waals surface area contributed by atoms with Crippen molar-refractivity contribution in [3.8, 4) is 0 Å². The monoisotopic (exact) mass is 352 g/mol. The highest BCUT2D eigenvalue weighted by Gasteiger charge is 1.93.